The van der Waals surface area contributed by atoms with Gasteiger partial charge in [-0.2, -0.15) is 0 Å². The third-order valence-corrected chi connectivity index (χ3v) is 5.51. The van der Waals surface area contributed by atoms with E-state index in [4.69, 9.17) is 0 Å². The molecule has 2 aromatic rings. The fourth-order valence-corrected chi connectivity index (χ4v) is 4.06. The molecule has 0 aliphatic carbocycles. The van der Waals surface area contributed by atoms with E-state index in [1.165, 1.54) is 10.6 Å². The summed E-state index contributed by atoms with van der Waals surface area (Å²) in [5, 5.41) is 2.91. The van der Waals surface area contributed by atoms with Crippen LogP contribution in [0.25, 0.3) is 0 Å². The number of nitrogens with one attached hydrogen (secondary N) is 1. The Hall–Kier alpha value is -2.61. The summed E-state index contributed by atoms with van der Waals surface area (Å²) in [4.78, 5) is 18.7. The van der Waals surface area contributed by atoms with Gasteiger partial charge in [-0.05, 0) is 36.2 Å². The maximum atomic E-state index is 12.5. The van der Waals surface area contributed by atoms with E-state index in [9.17, 15) is 13.2 Å². The Balaban J connectivity index is 1.74. The van der Waals surface area contributed by atoms with Crippen LogP contribution in [0, 0.1) is 0 Å². The number of aromatic nitrogens is 1. The van der Waals surface area contributed by atoms with Crippen LogP contribution in [-0.4, -0.2) is 46.2 Å². The molecule has 1 aromatic carbocycles. The van der Waals surface area contributed by atoms with Gasteiger partial charge in [0, 0.05) is 44.5 Å². The summed E-state index contributed by atoms with van der Waals surface area (Å²) in [6.07, 6.45) is 3.52. The van der Waals surface area contributed by atoms with E-state index in [-0.39, 0.29) is 5.91 Å². The molecular formula is C18H22N4O3S. The molecule has 1 aliphatic rings. The van der Waals surface area contributed by atoms with Crippen LogP contribution in [0.3, 0.4) is 0 Å². The number of carbonyl (C=O) groups is 1. The van der Waals surface area contributed by atoms with Crippen LogP contribution in [0.2, 0.25) is 0 Å². The lowest BCUT2D eigenvalue weighted by atomic mass is 10.1. The van der Waals surface area contributed by atoms with Crippen LogP contribution < -0.4 is 14.5 Å². The Kier molecular flexibility index (Phi) is 4.86. The molecule has 0 unspecified atom stereocenters. The van der Waals surface area contributed by atoms with Gasteiger partial charge in [0.05, 0.1) is 11.9 Å². The third kappa shape index (κ3) is 3.65. The summed E-state index contributed by atoms with van der Waals surface area (Å²) in [6.45, 7) is 0.786. The first-order valence-corrected chi connectivity index (χ1v) is 10.1. The van der Waals surface area contributed by atoms with Crippen molar-refractivity contribution in [1.82, 2.24) is 10.3 Å². The molecule has 0 atom stereocenters. The van der Waals surface area contributed by atoms with Crippen molar-refractivity contribution in [3.8, 4) is 0 Å². The van der Waals surface area contributed by atoms with Gasteiger partial charge in [-0.3, -0.25) is 9.10 Å². The van der Waals surface area contributed by atoms with Crippen molar-refractivity contribution < 1.29 is 13.2 Å². The van der Waals surface area contributed by atoms with Crippen LogP contribution in [-0.2, 0) is 23.0 Å². The maximum Gasteiger partial charge on any atom is 0.251 e. The van der Waals surface area contributed by atoms with Gasteiger partial charge in [0.1, 0.15) is 5.82 Å². The molecule has 1 N–H and O–H groups in total. The highest BCUT2D eigenvalue weighted by Gasteiger charge is 2.26. The van der Waals surface area contributed by atoms with Crippen molar-refractivity contribution in [3.63, 3.8) is 0 Å². The normalized spacial score (nSPS) is 13.4. The van der Waals surface area contributed by atoms with Crippen molar-refractivity contribution in [2.75, 3.05) is 36.1 Å². The highest BCUT2D eigenvalue weighted by Crippen LogP contribution is 2.30. The van der Waals surface area contributed by atoms with Crippen molar-refractivity contribution >= 4 is 27.4 Å². The van der Waals surface area contributed by atoms with Crippen LogP contribution >= 0.6 is 0 Å². The molecule has 7 nitrogen and oxygen atoms in total. The third-order valence-electron chi connectivity index (χ3n) is 4.33. The average molecular weight is 374 g/mol. The zero-order chi connectivity index (χ0) is 18.9. The van der Waals surface area contributed by atoms with Crippen molar-refractivity contribution in [1.29, 1.82) is 0 Å². The Bertz CT molecular complexity index is 941. The lowest BCUT2D eigenvalue weighted by molar-refractivity contribution is 0.0951. The molecule has 2 heterocycles. The smallest absolute Gasteiger partial charge is 0.251 e. The summed E-state index contributed by atoms with van der Waals surface area (Å²) < 4.78 is 25.0. The monoisotopic (exact) mass is 374 g/mol. The van der Waals surface area contributed by atoms with Gasteiger partial charge in [0.15, 0.2) is 0 Å². The zero-order valence-corrected chi connectivity index (χ0v) is 15.9. The number of amides is 1. The van der Waals surface area contributed by atoms with Crippen LogP contribution in [0.1, 0.15) is 21.5 Å². The molecule has 1 aromatic heterocycles. The molecular weight excluding hydrogens is 352 g/mol. The fourth-order valence-electron chi connectivity index (χ4n) is 3.11. The molecule has 0 saturated heterocycles. The predicted molar refractivity (Wildman–Crippen MR) is 102 cm³/mol. The Morgan fingerprint density at radius 3 is 2.77 bits per heavy atom. The predicted octanol–water partition coefficient (Wildman–Crippen LogP) is 1.40. The number of hydrogen-bond acceptors (Lipinski definition) is 5. The van der Waals surface area contributed by atoms with Gasteiger partial charge < -0.3 is 10.2 Å². The summed E-state index contributed by atoms with van der Waals surface area (Å²) >= 11 is 0. The minimum absolute atomic E-state index is 0.195. The SMILES string of the molecule is CN(C)c1ncccc1CNC(=O)c1ccc2c(c1)CCN2S(C)(=O)=O. The molecule has 26 heavy (non-hydrogen) atoms. The summed E-state index contributed by atoms with van der Waals surface area (Å²) in [5.41, 5.74) is 2.98. The van der Waals surface area contributed by atoms with E-state index >= 15 is 0 Å². The molecule has 0 saturated carbocycles. The molecule has 3 rings (SSSR count). The second-order valence-electron chi connectivity index (χ2n) is 6.49. The van der Waals surface area contributed by atoms with E-state index in [2.05, 4.69) is 10.3 Å². The molecule has 0 bridgehead atoms. The van der Waals surface area contributed by atoms with E-state index in [0.29, 0.717) is 30.8 Å². The van der Waals surface area contributed by atoms with Gasteiger partial charge >= 0.3 is 0 Å². The highest BCUT2D eigenvalue weighted by atomic mass is 32.2. The van der Waals surface area contributed by atoms with Gasteiger partial charge in [0.2, 0.25) is 10.0 Å². The lowest BCUT2D eigenvalue weighted by Crippen LogP contribution is -2.27. The quantitative estimate of drug-likeness (QED) is 0.855. The first kappa shape index (κ1) is 18.2. The lowest BCUT2D eigenvalue weighted by Gasteiger charge is -2.17. The van der Waals surface area contributed by atoms with Crippen molar-refractivity contribution in [2.24, 2.45) is 0 Å². The Labute approximate surface area is 153 Å². The maximum absolute atomic E-state index is 12.5. The number of rotatable bonds is 5. The van der Waals surface area contributed by atoms with Gasteiger partial charge in [0.25, 0.3) is 5.91 Å². The zero-order valence-electron chi connectivity index (χ0n) is 15.1. The number of sulfonamides is 1. The molecule has 0 spiro atoms. The molecule has 1 amide bonds. The number of fused-ring (bicyclic) bond motifs is 1. The number of benzene rings is 1. The highest BCUT2D eigenvalue weighted by molar-refractivity contribution is 7.92. The first-order valence-electron chi connectivity index (χ1n) is 8.27. The number of hydrogen-bond donors (Lipinski definition) is 1. The second-order valence-corrected chi connectivity index (χ2v) is 8.40. The molecule has 1 aliphatic heterocycles. The van der Waals surface area contributed by atoms with Gasteiger partial charge in [-0.1, -0.05) is 6.07 Å². The van der Waals surface area contributed by atoms with Crippen LogP contribution in [0.5, 0.6) is 0 Å². The van der Waals surface area contributed by atoms with E-state index in [1.54, 1.807) is 24.4 Å². The largest absolute Gasteiger partial charge is 0.362 e. The average Bonchev–Trinajstić information content (AvgIpc) is 3.03. The van der Waals surface area contributed by atoms with Crippen LogP contribution in [0.4, 0.5) is 11.5 Å². The number of nitrogens with zero attached hydrogens (tertiary/aromatic N) is 3. The minimum Gasteiger partial charge on any atom is -0.362 e. The fraction of sp³-hybridized carbons (Fsp3) is 0.333. The number of pyridine rings is 1. The first-order chi connectivity index (χ1) is 12.3. The molecule has 138 valence electrons. The Morgan fingerprint density at radius 1 is 1.31 bits per heavy atom. The molecule has 0 fully saturated rings. The standard InChI is InChI=1S/C18H22N4O3S/c1-21(2)17-15(5-4-9-19-17)12-20-18(23)14-6-7-16-13(11-14)8-10-22(16)26(3,24)25/h4-7,9,11H,8,10,12H2,1-3H3,(H,20,23). The topological polar surface area (TPSA) is 82.6 Å². The molecule has 8 heteroatoms. The van der Waals surface area contributed by atoms with Gasteiger partial charge in [-0.15, -0.1) is 0 Å². The molecule has 0 radical (unpaired) electrons. The van der Waals surface area contributed by atoms with Crippen LogP contribution in [0.15, 0.2) is 36.5 Å². The van der Waals surface area contributed by atoms with Gasteiger partial charge in [-0.25, -0.2) is 13.4 Å². The Morgan fingerprint density at radius 2 is 2.08 bits per heavy atom. The van der Waals surface area contributed by atoms with E-state index < -0.39 is 10.0 Å². The summed E-state index contributed by atoms with van der Waals surface area (Å²) in [6, 6.07) is 8.90. The number of anilines is 2. The summed E-state index contributed by atoms with van der Waals surface area (Å²) in [7, 11) is 0.522. The summed E-state index contributed by atoms with van der Waals surface area (Å²) in [5.74, 6) is 0.615. The van der Waals surface area contributed by atoms with Crippen molar-refractivity contribution in [2.45, 2.75) is 13.0 Å². The second kappa shape index (κ2) is 6.95. The van der Waals surface area contributed by atoms with E-state index in [1.807, 2.05) is 31.1 Å². The number of carbonyl (C=O) groups excluding carboxylic acids is 1. The van der Waals surface area contributed by atoms with E-state index in [0.717, 1.165) is 16.9 Å². The van der Waals surface area contributed by atoms with Crippen molar-refractivity contribution in [3.05, 3.63) is 53.2 Å². The minimum atomic E-state index is -3.29.